The molecule has 3 heterocycles. The smallest absolute Gasteiger partial charge is 0.180 e. The van der Waals surface area contributed by atoms with Gasteiger partial charge in [0, 0.05) is 37.7 Å². The Labute approximate surface area is 248 Å². The summed E-state index contributed by atoms with van der Waals surface area (Å²) in [4.78, 5) is 10.4. The number of aromatic nitrogens is 6. The van der Waals surface area contributed by atoms with Gasteiger partial charge in [-0.1, -0.05) is 107 Å². The summed E-state index contributed by atoms with van der Waals surface area (Å²) in [5.74, 6) is 3.91. The number of hydrogen-bond acceptors (Lipinski definition) is 6. The summed E-state index contributed by atoms with van der Waals surface area (Å²) in [5.41, 5.74) is 7.18. The van der Waals surface area contributed by atoms with Gasteiger partial charge >= 0.3 is 0 Å². The fourth-order valence-electron chi connectivity index (χ4n) is 6.00. The molecule has 0 radical (unpaired) electrons. The topological polar surface area (TPSA) is 78.8 Å². The maximum atomic E-state index is 5.30. The Bertz CT molecular complexity index is 1590. The standard InChI is InChI=1S/C34H40N8/c1-24(2)20-40-22-31-34(41(23-40)19-18-26-10-6-5-7-11-26)35-33(25(3)4)42(31)21-27-14-16-28(17-15-27)29-12-8-9-13-30(29)32-36-38-39-37-32/h5-17,24-25H,18-23H2,1-4H3,(H,36,37,38,39). The molecule has 5 aromatic rings. The average Bonchev–Trinajstić information content (AvgIpc) is 3.66. The Morgan fingerprint density at radius 1 is 0.833 bits per heavy atom. The van der Waals surface area contributed by atoms with Crippen molar-refractivity contribution in [1.29, 1.82) is 0 Å². The van der Waals surface area contributed by atoms with E-state index in [-0.39, 0.29) is 0 Å². The van der Waals surface area contributed by atoms with E-state index in [2.05, 4.69) is 129 Å². The molecule has 2 aromatic heterocycles. The van der Waals surface area contributed by atoms with E-state index in [0.29, 0.717) is 17.7 Å². The van der Waals surface area contributed by atoms with Crippen molar-refractivity contribution in [2.75, 3.05) is 24.7 Å². The Hall–Kier alpha value is -4.30. The molecule has 0 amide bonds. The molecule has 42 heavy (non-hydrogen) atoms. The second-order valence-electron chi connectivity index (χ2n) is 12.0. The van der Waals surface area contributed by atoms with Gasteiger partial charge in [0.1, 0.15) is 5.82 Å². The van der Waals surface area contributed by atoms with Gasteiger partial charge in [0.05, 0.1) is 12.4 Å². The summed E-state index contributed by atoms with van der Waals surface area (Å²) in [7, 11) is 0. The third-order valence-corrected chi connectivity index (χ3v) is 7.91. The molecule has 8 nitrogen and oxygen atoms in total. The molecule has 0 unspecified atom stereocenters. The molecule has 1 aliphatic heterocycles. The first-order chi connectivity index (χ1) is 20.5. The fourth-order valence-corrected chi connectivity index (χ4v) is 6.00. The monoisotopic (exact) mass is 560 g/mol. The molecule has 3 aromatic carbocycles. The summed E-state index contributed by atoms with van der Waals surface area (Å²) in [6, 6.07) is 27.9. The van der Waals surface area contributed by atoms with Crippen LogP contribution in [0.15, 0.2) is 78.9 Å². The van der Waals surface area contributed by atoms with E-state index < -0.39 is 0 Å². The van der Waals surface area contributed by atoms with E-state index in [9.17, 15) is 0 Å². The number of fused-ring (bicyclic) bond motifs is 1. The Kier molecular flexibility index (Phi) is 8.15. The molecule has 0 bridgehead atoms. The van der Waals surface area contributed by atoms with Gasteiger partial charge in [0.2, 0.25) is 0 Å². The highest BCUT2D eigenvalue weighted by atomic mass is 15.5. The third-order valence-electron chi connectivity index (χ3n) is 7.91. The Morgan fingerprint density at radius 3 is 2.26 bits per heavy atom. The van der Waals surface area contributed by atoms with E-state index in [0.717, 1.165) is 67.6 Å². The number of H-pyrrole nitrogens is 1. The van der Waals surface area contributed by atoms with E-state index in [1.807, 2.05) is 12.1 Å². The van der Waals surface area contributed by atoms with Crippen LogP contribution in [-0.4, -0.2) is 54.8 Å². The zero-order valence-electron chi connectivity index (χ0n) is 25.0. The number of hydrogen-bond donors (Lipinski definition) is 1. The number of benzene rings is 3. The molecule has 0 atom stereocenters. The van der Waals surface area contributed by atoms with Crippen molar-refractivity contribution in [3.8, 4) is 22.5 Å². The zero-order valence-corrected chi connectivity index (χ0v) is 25.0. The van der Waals surface area contributed by atoms with Crippen molar-refractivity contribution in [3.05, 3.63) is 102 Å². The minimum absolute atomic E-state index is 0.326. The molecule has 6 rings (SSSR count). The maximum Gasteiger partial charge on any atom is 0.180 e. The summed E-state index contributed by atoms with van der Waals surface area (Å²) >= 11 is 0. The van der Waals surface area contributed by atoms with Gasteiger partial charge in [-0.25, -0.2) is 10.1 Å². The van der Waals surface area contributed by atoms with Crippen LogP contribution in [0.3, 0.4) is 0 Å². The van der Waals surface area contributed by atoms with Gasteiger partial charge in [0.25, 0.3) is 0 Å². The van der Waals surface area contributed by atoms with Gasteiger partial charge in [0.15, 0.2) is 11.6 Å². The van der Waals surface area contributed by atoms with Crippen LogP contribution in [0, 0.1) is 5.92 Å². The molecule has 0 aliphatic carbocycles. The first-order valence-electron chi connectivity index (χ1n) is 15.0. The number of nitrogens with zero attached hydrogens (tertiary/aromatic N) is 7. The summed E-state index contributed by atoms with van der Waals surface area (Å²) < 4.78 is 2.48. The SMILES string of the molecule is CC(C)CN1Cc2c(nc(C(C)C)n2Cc2ccc(-c3ccccc3-c3nnn[nH]3)cc2)N(CCc2ccccc2)C1. The summed E-state index contributed by atoms with van der Waals surface area (Å²) in [6.45, 7) is 13.8. The minimum Gasteiger partial charge on any atom is -0.342 e. The van der Waals surface area contributed by atoms with Crippen LogP contribution in [-0.2, 0) is 19.5 Å². The predicted molar refractivity (Wildman–Crippen MR) is 168 cm³/mol. The average molecular weight is 561 g/mol. The molecule has 0 spiro atoms. The van der Waals surface area contributed by atoms with E-state index in [4.69, 9.17) is 4.98 Å². The molecule has 0 saturated carbocycles. The van der Waals surface area contributed by atoms with Gasteiger partial charge in [-0.15, -0.1) is 5.10 Å². The summed E-state index contributed by atoms with van der Waals surface area (Å²) in [6.07, 6.45) is 1.01. The maximum absolute atomic E-state index is 5.30. The van der Waals surface area contributed by atoms with E-state index in [1.54, 1.807) is 0 Å². The number of imidazole rings is 1. The molecule has 1 aliphatic rings. The van der Waals surface area contributed by atoms with Crippen molar-refractivity contribution in [1.82, 2.24) is 35.1 Å². The van der Waals surface area contributed by atoms with Crippen LogP contribution in [0.1, 0.15) is 56.3 Å². The highest BCUT2D eigenvalue weighted by Gasteiger charge is 2.30. The normalized spacial score (nSPS) is 13.7. The number of tetrazole rings is 1. The lowest BCUT2D eigenvalue weighted by atomic mass is 9.98. The molecule has 0 saturated heterocycles. The first-order valence-corrected chi connectivity index (χ1v) is 15.0. The van der Waals surface area contributed by atoms with Crippen molar-refractivity contribution in [2.45, 2.75) is 53.1 Å². The largest absolute Gasteiger partial charge is 0.342 e. The van der Waals surface area contributed by atoms with Crippen LogP contribution in [0.4, 0.5) is 5.82 Å². The van der Waals surface area contributed by atoms with Crippen LogP contribution in [0.25, 0.3) is 22.5 Å². The number of rotatable bonds is 10. The van der Waals surface area contributed by atoms with Crippen molar-refractivity contribution < 1.29 is 0 Å². The number of nitrogens with one attached hydrogen (secondary N) is 1. The summed E-state index contributed by atoms with van der Waals surface area (Å²) in [5, 5.41) is 14.6. The van der Waals surface area contributed by atoms with Gasteiger partial charge < -0.3 is 9.47 Å². The lowest BCUT2D eigenvalue weighted by molar-refractivity contribution is 0.218. The molecule has 1 N–H and O–H groups in total. The fraction of sp³-hybridized carbons (Fsp3) is 0.353. The van der Waals surface area contributed by atoms with Crippen LogP contribution >= 0.6 is 0 Å². The van der Waals surface area contributed by atoms with Gasteiger partial charge in [-0.05, 0) is 45.0 Å². The van der Waals surface area contributed by atoms with Gasteiger partial charge in [-0.3, -0.25) is 4.90 Å². The first kappa shape index (κ1) is 27.8. The van der Waals surface area contributed by atoms with Crippen LogP contribution in [0.5, 0.6) is 0 Å². The molecular formula is C34H40N8. The molecule has 0 fully saturated rings. The molecular weight excluding hydrogens is 520 g/mol. The molecule has 8 heteroatoms. The second-order valence-corrected chi connectivity index (χ2v) is 12.0. The van der Waals surface area contributed by atoms with E-state index >= 15 is 0 Å². The minimum atomic E-state index is 0.326. The van der Waals surface area contributed by atoms with Crippen LogP contribution in [0.2, 0.25) is 0 Å². The van der Waals surface area contributed by atoms with Gasteiger partial charge in [-0.2, -0.15) is 0 Å². The highest BCUT2D eigenvalue weighted by molar-refractivity contribution is 5.80. The van der Waals surface area contributed by atoms with Crippen molar-refractivity contribution in [2.24, 2.45) is 5.92 Å². The Balaban J connectivity index is 1.30. The molecule has 216 valence electrons. The number of aromatic amines is 1. The second kappa shape index (κ2) is 12.3. The van der Waals surface area contributed by atoms with E-state index in [1.165, 1.54) is 16.8 Å². The lowest BCUT2D eigenvalue weighted by Gasteiger charge is -2.37. The Morgan fingerprint density at radius 2 is 1.57 bits per heavy atom. The van der Waals surface area contributed by atoms with Crippen LogP contribution < -0.4 is 4.90 Å². The lowest BCUT2D eigenvalue weighted by Crippen LogP contribution is -2.45. The predicted octanol–water partition coefficient (Wildman–Crippen LogP) is 6.38. The zero-order chi connectivity index (χ0) is 29.1. The van der Waals surface area contributed by atoms with Crippen molar-refractivity contribution >= 4 is 5.82 Å². The quantitative estimate of drug-likeness (QED) is 0.214. The highest BCUT2D eigenvalue weighted by Crippen LogP contribution is 2.33. The third kappa shape index (κ3) is 5.99. The van der Waals surface area contributed by atoms with Crippen molar-refractivity contribution in [3.63, 3.8) is 0 Å². The number of anilines is 1.